The third-order valence-corrected chi connectivity index (χ3v) is 8.71. The Morgan fingerprint density at radius 2 is 1.76 bits per heavy atom. The van der Waals surface area contributed by atoms with E-state index < -0.39 is 0 Å². The van der Waals surface area contributed by atoms with Crippen molar-refractivity contribution in [2.75, 3.05) is 45.1 Å². The number of carbonyl (C=O) groups excluding carboxylic acids is 1. The zero-order valence-corrected chi connectivity index (χ0v) is 23.8. The summed E-state index contributed by atoms with van der Waals surface area (Å²) < 4.78 is 7.25. The minimum Gasteiger partial charge on any atom is -0.465 e. The van der Waals surface area contributed by atoms with Gasteiger partial charge in [-0.15, -0.1) is 0 Å². The Bertz CT molecular complexity index is 1740. The van der Waals surface area contributed by atoms with E-state index in [2.05, 4.69) is 61.6 Å². The summed E-state index contributed by atoms with van der Waals surface area (Å²) >= 11 is 0. The lowest BCUT2D eigenvalue weighted by Crippen LogP contribution is -2.54. The third-order valence-electron chi connectivity index (χ3n) is 8.71. The molecule has 42 heavy (non-hydrogen) atoms. The van der Waals surface area contributed by atoms with Crippen LogP contribution in [0.25, 0.3) is 38.9 Å². The molecule has 1 aliphatic carbocycles. The highest BCUT2D eigenvalue weighted by atomic mass is 16.5. The summed E-state index contributed by atoms with van der Waals surface area (Å²) in [5.41, 5.74) is 12.1. The SMILES string of the molecule is CCOC(=O)CN1CCN([C@H]2C[C@@H](c3nc(-c4ccc5ccc(-c6ccccc6)nc5c4)c4c(N)nccn43)C2)CC1. The number of hydrogen-bond acceptors (Lipinski definition) is 8. The van der Waals surface area contributed by atoms with Crippen molar-refractivity contribution in [1.29, 1.82) is 0 Å². The number of piperazine rings is 1. The van der Waals surface area contributed by atoms with E-state index in [-0.39, 0.29) is 5.97 Å². The van der Waals surface area contributed by atoms with Gasteiger partial charge < -0.3 is 10.5 Å². The van der Waals surface area contributed by atoms with Crippen molar-refractivity contribution in [1.82, 2.24) is 29.2 Å². The second-order valence-electron chi connectivity index (χ2n) is 11.3. The van der Waals surface area contributed by atoms with Gasteiger partial charge in [-0.1, -0.05) is 48.5 Å². The number of anilines is 1. The van der Waals surface area contributed by atoms with Gasteiger partial charge in [0.25, 0.3) is 0 Å². The van der Waals surface area contributed by atoms with Gasteiger partial charge in [0.05, 0.1) is 24.4 Å². The van der Waals surface area contributed by atoms with Gasteiger partial charge >= 0.3 is 5.97 Å². The molecule has 0 unspecified atom stereocenters. The molecule has 0 radical (unpaired) electrons. The van der Waals surface area contributed by atoms with Gasteiger partial charge in [-0.2, -0.15) is 0 Å². The van der Waals surface area contributed by atoms with E-state index in [0.717, 1.165) is 83.8 Å². The fourth-order valence-electron chi connectivity index (χ4n) is 6.38. The molecule has 0 bridgehead atoms. The highest BCUT2D eigenvalue weighted by Crippen LogP contribution is 2.42. The number of pyridine rings is 1. The minimum atomic E-state index is -0.135. The standard InChI is InChI=1S/C33H35N7O2/c1-2-42-29(41)21-38-14-16-39(17-15-38)26-18-25(19-26)33-37-30(31-32(34)35-12-13-40(31)33)24-9-8-23-10-11-27(36-28(23)20-24)22-6-4-3-5-7-22/h3-13,20,25-26H,2,14-19,21H2,1H3,(H2,34,35)/t25-,26+. The van der Waals surface area contributed by atoms with Crippen LogP contribution < -0.4 is 5.73 Å². The van der Waals surface area contributed by atoms with Crippen LogP contribution in [0, 0.1) is 0 Å². The van der Waals surface area contributed by atoms with E-state index in [0.29, 0.717) is 30.9 Å². The number of nitrogens with zero attached hydrogens (tertiary/aromatic N) is 6. The summed E-state index contributed by atoms with van der Waals surface area (Å²) in [6.07, 6.45) is 5.84. The molecule has 2 aromatic carbocycles. The number of benzene rings is 2. The van der Waals surface area contributed by atoms with Gasteiger partial charge in [0.1, 0.15) is 22.9 Å². The lowest BCUT2D eigenvalue weighted by molar-refractivity contribution is -0.145. The molecule has 1 saturated heterocycles. The Labute approximate surface area is 245 Å². The van der Waals surface area contributed by atoms with Crippen LogP contribution in [0.5, 0.6) is 0 Å². The molecule has 3 aromatic heterocycles. The Morgan fingerprint density at radius 3 is 2.55 bits per heavy atom. The monoisotopic (exact) mass is 561 g/mol. The van der Waals surface area contributed by atoms with E-state index in [9.17, 15) is 4.79 Å². The first-order valence-electron chi connectivity index (χ1n) is 14.8. The minimum absolute atomic E-state index is 0.135. The molecule has 5 aromatic rings. The van der Waals surface area contributed by atoms with Crippen LogP contribution >= 0.6 is 0 Å². The summed E-state index contributed by atoms with van der Waals surface area (Å²) in [6, 6.07) is 21.3. The fourth-order valence-corrected chi connectivity index (χ4v) is 6.38. The zero-order valence-electron chi connectivity index (χ0n) is 23.8. The van der Waals surface area contributed by atoms with Crippen molar-refractivity contribution in [2.24, 2.45) is 0 Å². The lowest BCUT2D eigenvalue weighted by Gasteiger charge is -2.46. The molecule has 0 atom stereocenters. The number of esters is 1. The van der Waals surface area contributed by atoms with Gasteiger partial charge in [-0.3, -0.25) is 19.0 Å². The summed E-state index contributed by atoms with van der Waals surface area (Å²) in [4.78, 5) is 31.2. The number of aromatic nitrogens is 4. The molecule has 2 fully saturated rings. The Balaban J connectivity index is 1.12. The maximum atomic E-state index is 11.9. The lowest BCUT2D eigenvalue weighted by atomic mass is 9.78. The molecule has 1 saturated carbocycles. The number of rotatable bonds is 7. The number of fused-ring (bicyclic) bond motifs is 2. The maximum Gasteiger partial charge on any atom is 0.320 e. The normalized spacial score (nSPS) is 19.6. The van der Waals surface area contributed by atoms with Crippen molar-refractivity contribution >= 4 is 28.2 Å². The van der Waals surface area contributed by atoms with E-state index >= 15 is 0 Å². The molecule has 7 rings (SSSR count). The summed E-state index contributed by atoms with van der Waals surface area (Å²) in [5.74, 6) is 1.73. The first-order chi connectivity index (χ1) is 20.6. The second kappa shape index (κ2) is 11.2. The quantitative estimate of drug-likeness (QED) is 0.287. The van der Waals surface area contributed by atoms with Gasteiger partial charge in [-0.25, -0.2) is 15.0 Å². The number of carbonyl (C=O) groups is 1. The topological polar surface area (TPSA) is 102 Å². The van der Waals surface area contributed by atoms with Crippen molar-refractivity contribution in [3.8, 4) is 22.5 Å². The number of nitrogens with two attached hydrogens (primary N) is 1. The zero-order chi connectivity index (χ0) is 28.6. The van der Waals surface area contributed by atoms with Crippen LogP contribution in [0.15, 0.2) is 73.1 Å². The van der Waals surface area contributed by atoms with Crippen LogP contribution in [0.1, 0.15) is 31.5 Å². The van der Waals surface area contributed by atoms with E-state index in [1.807, 2.05) is 31.3 Å². The fraction of sp³-hybridized carbons (Fsp3) is 0.333. The third kappa shape index (κ3) is 4.99. The van der Waals surface area contributed by atoms with Gasteiger partial charge in [0.15, 0.2) is 0 Å². The Morgan fingerprint density at radius 1 is 0.976 bits per heavy atom. The highest BCUT2D eigenvalue weighted by molar-refractivity contribution is 5.91. The van der Waals surface area contributed by atoms with Crippen LogP contribution in [0.3, 0.4) is 0 Å². The molecule has 214 valence electrons. The van der Waals surface area contributed by atoms with Crippen LogP contribution in [0.2, 0.25) is 0 Å². The molecule has 0 spiro atoms. The second-order valence-corrected chi connectivity index (χ2v) is 11.3. The number of nitrogen functional groups attached to an aromatic ring is 1. The van der Waals surface area contributed by atoms with Crippen LogP contribution in [-0.2, 0) is 9.53 Å². The molecule has 4 heterocycles. The molecular weight excluding hydrogens is 526 g/mol. The molecule has 0 amide bonds. The molecule has 1 aliphatic heterocycles. The summed E-state index contributed by atoms with van der Waals surface area (Å²) in [7, 11) is 0. The molecule has 2 aliphatic rings. The van der Waals surface area contributed by atoms with E-state index in [1.165, 1.54) is 0 Å². The van der Waals surface area contributed by atoms with E-state index in [1.54, 1.807) is 6.20 Å². The predicted octanol–water partition coefficient (Wildman–Crippen LogP) is 4.62. The maximum absolute atomic E-state index is 11.9. The summed E-state index contributed by atoms with van der Waals surface area (Å²) in [5, 5.41) is 1.08. The van der Waals surface area contributed by atoms with Gasteiger partial charge in [0, 0.05) is 67.0 Å². The van der Waals surface area contributed by atoms with Crippen LogP contribution in [-0.4, -0.2) is 80.5 Å². The first-order valence-corrected chi connectivity index (χ1v) is 14.8. The van der Waals surface area contributed by atoms with E-state index in [4.69, 9.17) is 20.4 Å². The van der Waals surface area contributed by atoms with Gasteiger partial charge in [0.2, 0.25) is 0 Å². The summed E-state index contributed by atoms with van der Waals surface area (Å²) in [6.45, 7) is 6.38. The molecule has 2 N–H and O–H groups in total. The van der Waals surface area contributed by atoms with Crippen molar-refractivity contribution in [2.45, 2.75) is 31.7 Å². The van der Waals surface area contributed by atoms with Crippen molar-refractivity contribution < 1.29 is 9.53 Å². The number of imidazole rings is 1. The number of ether oxygens (including phenoxy) is 1. The Hall–Kier alpha value is -4.34. The Kier molecular flexibility index (Phi) is 7.05. The molecule has 9 heteroatoms. The molecular formula is C33H35N7O2. The largest absolute Gasteiger partial charge is 0.465 e. The number of hydrogen-bond donors (Lipinski definition) is 1. The smallest absolute Gasteiger partial charge is 0.320 e. The van der Waals surface area contributed by atoms with Gasteiger partial charge in [-0.05, 0) is 31.9 Å². The van der Waals surface area contributed by atoms with Crippen LogP contribution in [0.4, 0.5) is 5.82 Å². The first kappa shape index (κ1) is 26.6. The average molecular weight is 562 g/mol. The predicted molar refractivity (Wildman–Crippen MR) is 164 cm³/mol. The van der Waals surface area contributed by atoms with Crippen molar-refractivity contribution in [3.05, 3.63) is 78.9 Å². The average Bonchev–Trinajstić information content (AvgIpc) is 3.38. The van der Waals surface area contributed by atoms with Crippen molar-refractivity contribution in [3.63, 3.8) is 0 Å². The molecule has 9 nitrogen and oxygen atoms in total. The highest BCUT2D eigenvalue weighted by Gasteiger charge is 2.38.